The molecule has 19 heavy (non-hydrogen) atoms. The molecule has 3 heteroatoms. The van der Waals surface area contributed by atoms with Crippen LogP contribution >= 0.6 is 0 Å². The molecule has 1 atom stereocenters. The van der Waals surface area contributed by atoms with E-state index in [1.165, 1.54) is 25.0 Å². The lowest BCUT2D eigenvalue weighted by Gasteiger charge is -2.26. The molecule has 1 saturated carbocycles. The quantitative estimate of drug-likeness (QED) is 0.819. The second-order valence-electron chi connectivity index (χ2n) is 6.08. The number of aliphatic hydroxyl groups is 1. The number of nitrogens with zero attached hydrogens (tertiary/aromatic N) is 1. The molecule has 2 nitrogen and oxygen atoms in total. The van der Waals surface area contributed by atoms with Crippen LogP contribution in [-0.4, -0.2) is 29.2 Å². The standard InChI is InChI=1S/C16H24FNO/c1-12(2)16(19)11-18(9-13-3-4-13)10-14-5-7-15(17)8-6-14/h5-8,12-13,16,19H,3-4,9-11H2,1-2H3. The van der Waals surface area contributed by atoms with Crippen LogP contribution in [0.5, 0.6) is 0 Å². The predicted octanol–water partition coefficient (Wildman–Crippen LogP) is 3.05. The Morgan fingerprint density at radius 1 is 1.26 bits per heavy atom. The lowest BCUT2D eigenvalue weighted by atomic mass is 10.1. The van der Waals surface area contributed by atoms with Gasteiger partial charge in [0.05, 0.1) is 6.10 Å². The SMILES string of the molecule is CC(C)C(O)CN(Cc1ccc(F)cc1)CC1CC1. The molecule has 1 unspecified atom stereocenters. The molecular formula is C16H24FNO. The minimum atomic E-state index is -0.292. The van der Waals surface area contributed by atoms with E-state index >= 15 is 0 Å². The number of hydrogen-bond acceptors (Lipinski definition) is 2. The van der Waals surface area contributed by atoms with Crippen LogP contribution in [0.15, 0.2) is 24.3 Å². The van der Waals surface area contributed by atoms with Gasteiger partial charge in [-0.25, -0.2) is 4.39 Å². The van der Waals surface area contributed by atoms with E-state index in [9.17, 15) is 9.50 Å². The zero-order chi connectivity index (χ0) is 13.8. The van der Waals surface area contributed by atoms with Gasteiger partial charge in [-0.15, -0.1) is 0 Å². The van der Waals surface area contributed by atoms with Crippen molar-refractivity contribution in [3.63, 3.8) is 0 Å². The molecule has 1 aliphatic rings. The second kappa shape index (κ2) is 6.49. The average molecular weight is 265 g/mol. The Morgan fingerprint density at radius 3 is 2.42 bits per heavy atom. The largest absolute Gasteiger partial charge is 0.392 e. The monoisotopic (exact) mass is 265 g/mol. The average Bonchev–Trinajstić information content (AvgIpc) is 3.15. The van der Waals surface area contributed by atoms with Crippen molar-refractivity contribution in [2.75, 3.05) is 13.1 Å². The summed E-state index contributed by atoms with van der Waals surface area (Å²) < 4.78 is 12.9. The van der Waals surface area contributed by atoms with Crippen LogP contribution in [-0.2, 0) is 6.54 Å². The number of aliphatic hydroxyl groups excluding tert-OH is 1. The molecule has 0 bridgehead atoms. The van der Waals surface area contributed by atoms with Crippen molar-refractivity contribution >= 4 is 0 Å². The first-order chi connectivity index (χ1) is 9.04. The minimum Gasteiger partial charge on any atom is -0.392 e. The minimum absolute atomic E-state index is 0.195. The third kappa shape index (κ3) is 4.92. The van der Waals surface area contributed by atoms with Crippen LogP contribution in [0.2, 0.25) is 0 Å². The van der Waals surface area contributed by atoms with Crippen molar-refractivity contribution in [2.24, 2.45) is 11.8 Å². The summed E-state index contributed by atoms with van der Waals surface area (Å²) in [7, 11) is 0. The summed E-state index contributed by atoms with van der Waals surface area (Å²) in [5.74, 6) is 0.870. The molecule has 0 heterocycles. The third-order valence-corrected chi connectivity index (χ3v) is 3.75. The lowest BCUT2D eigenvalue weighted by Crippen LogP contribution is -2.36. The molecular weight excluding hydrogens is 241 g/mol. The smallest absolute Gasteiger partial charge is 0.123 e. The molecule has 0 amide bonds. The van der Waals surface area contributed by atoms with E-state index < -0.39 is 0 Å². The topological polar surface area (TPSA) is 23.5 Å². The van der Waals surface area contributed by atoms with Crippen LogP contribution < -0.4 is 0 Å². The van der Waals surface area contributed by atoms with Crippen LogP contribution in [0.1, 0.15) is 32.3 Å². The van der Waals surface area contributed by atoms with Gasteiger partial charge >= 0.3 is 0 Å². The fourth-order valence-corrected chi connectivity index (χ4v) is 2.19. The fourth-order valence-electron chi connectivity index (χ4n) is 2.19. The number of halogens is 1. The zero-order valence-electron chi connectivity index (χ0n) is 11.8. The molecule has 1 aliphatic carbocycles. The summed E-state index contributed by atoms with van der Waals surface area (Å²) in [6.07, 6.45) is 2.31. The van der Waals surface area contributed by atoms with Crippen LogP contribution in [0.4, 0.5) is 4.39 Å². The Balaban J connectivity index is 1.94. The van der Waals surface area contributed by atoms with E-state index in [1.807, 2.05) is 26.0 Å². The van der Waals surface area contributed by atoms with Gasteiger partial charge in [-0.2, -0.15) is 0 Å². The molecule has 0 spiro atoms. The van der Waals surface area contributed by atoms with Crippen molar-refractivity contribution in [3.05, 3.63) is 35.6 Å². The van der Waals surface area contributed by atoms with E-state index in [0.717, 1.165) is 24.6 Å². The maximum absolute atomic E-state index is 12.9. The molecule has 0 aliphatic heterocycles. The van der Waals surface area contributed by atoms with Gasteiger partial charge in [0, 0.05) is 19.6 Å². The number of hydrogen-bond donors (Lipinski definition) is 1. The van der Waals surface area contributed by atoms with Gasteiger partial charge in [0.25, 0.3) is 0 Å². The highest BCUT2D eigenvalue weighted by molar-refractivity contribution is 5.16. The summed E-state index contributed by atoms with van der Waals surface area (Å²) >= 11 is 0. The van der Waals surface area contributed by atoms with Crippen LogP contribution in [0, 0.1) is 17.7 Å². The van der Waals surface area contributed by atoms with Gasteiger partial charge in [0.1, 0.15) is 5.82 Å². The Morgan fingerprint density at radius 2 is 1.89 bits per heavy atom. The number of rotatable bonds is 7. The van der Waals surface area contributed by atoms with Crippen LogP contribution in [0.25, 0.3) is 0 Å². The summed E-state index contributed by atoms with van der Waals surface area (Å²) in [6.45, 7) is 6.61. The Labute approximate surface area is 115 Å². The Hall–Kier alpha value is -0.930. The Kier molecular flexibility index (Phi) is 4.94. The van der Waals surface area contributed by atoms with Gasteiger partial charge in [0.15, 0.2) is 0 Å². The van der Waals surface area contributed by atoms with Gasteiger partial charge < -0.3 is 5.11 Å². The summed E-state index contributed by atoms with van der Waals surface area (Å²) in [5.41, 5.74) is 1.11. The highest BCUT2D eigenvalue weighted by Crippen LogP contribution is 2.30. The predicted molar refractivity (Wildman–Crippen MR) is 75.2 cm³/mol. The summed E-state index contributed by atoms with van der Waals surface area (Å²) in [5, 5.41) is 10.1. The van der Waals surface area contributed by atoms with E-state index in [2.05, 4.69) is 4.90 Å². The van der Waals surface area contributed by atoms with E-state index in [4.69, 9.17) is 0 Å². The zero-order valence-corrected chi connectivity index (χ0v) is 11.8. The summed E-state index contributed by atoms with van der Waals surface area (Å²) in [6, 6.07) is 6.67. The molecule has 1 fully saturated rings. The maximum atomic E-state index is 12.9. The third-order valence-electron chi connectivity index (χ3n) is 3.75. The van der Waals surface area contributed by atoms with Crippen molar-refractivity contribution in [1.82, 2.24) is 4.90 Å². The first-order valence-electron chi connectivity index (χ1n) is 7.19. The highest BCUT2D eigenvalue weighted by atomic mass is 19.1. The second-order valence-corrected chi connectivity index (χ2v) is 6.08. The van der Waals surface area contributed by atoms with Gasteiger partial charge in [-0.1, -0.05) is 26.0 Å². The maximum Gasteiger partial charge on any atom is 0.123 e. The lowest BCUT2D eigenvalue weighted by molar-refractivity contribution is 0.0711. The van der Waals surface area contributed by atoms with Crippen LogP contribution in [0.3, 0.4) is 0 Å². The molecule has 1 aromatic rings. The van der Waals surface area contributed by atoms with Crippen molar-refractivity contribution in [1.29, 1.82) is 0 Å². The Bertz CT molecular complexity index is 386. The molecule has 1 N–H and O–H groups in total. The van der Waals surface area contributed by atoms with Crippen molar-refractivity contribution in [3.8, 4) is 0 Å². The van der Waals surface area contributed by atoms with Crippen molar-refractivity contribution in [2.45, 2.75) is 39.3 Å². The molecule has 2 rings (SSSR count). The molecule has 0 radical (unpaired) electrons. The molecule has 1 aromatic carbocycles. The van der Waals surface area contributed by atoms with Gasteiger partial charge in [-0.3, -0.25) is 4.90 Å². The first-order valence-corrected chi connectivity index (χ1v) is 7.19. The molecule has 0 saturated heterocycles. The fraction of sp³-hybridized carbons (Fsp3) is 0.625. The van der Waals surface area contributed by atoms with Crippen molar-refractivity contribution < 1.29 is 9.50 Å². The van der Waals surface area contributed by atoms with E-state index in [-0.39, 0.29) is 17.8 Å². The van der Waals surface area contributed by atoms with Gasteiger partial charge in [0.2, 0.25) is 0 Å². The van der Waals surface area contributed by atoms with Gasteiger partial charge in [-0.05, 0) is 42.4 Å². The number of benzene rings is 1. The molecule has 106 valence electrons. The molecule has 0 aromatic heterocycles. The summed E-state index contributed by atoms with van der Waals surface area (Å²) in [4.78, 5) is 2.30. The van der Waals surface area contributed by atoms with E-state index in [0.29, 0.717) is 6.54 Å². The van der Waals surface area contributed by atoms with E-state index in [1.54, 1.807) is 0 Å². The normalized spacial score (nSPS) is 17.2. The first kappa shape index (κ1) is 14.5. The highest BCUT2D eigenvalue weighted by Gasteiger charge is 2.25.